The van der Waals surface area contributed by atoms with Crippen LogP contribution in [0.3, 0.4) is 0 Å². The summed E-state index contributed by atoms with van der Waals surface area (Å²) in [7, 11) is 0. The van der Waals surface area contributed by atoms with Crippen LogP contribution in [0.25, 0.3) is 178 Å². The Bertz CT molecular complexity index is 6490. The zero-order valence-corrected chi connectivity index (χ0v) is 55.0. The third-order valence-electron chi connectivity index (χ3n) is 18.7. The van der Waals surface area contributed by atoms with Crippen molar-refractivity contribution in [1.82, 2.24) is 39.0 Å². The molecule has 0 radical (unpaired) electrons. The summed E-state index contributed by atoms with van der Waals surface area (Å²) in [5.41, 5.74) is 16.9. The van der Waals surface area contributed by atoms with Gasteiger partial charge in [0.1, 0.15) is 0 Å². The van der Waals surface area contributed by atoms with Crippen LogP contribution in [-0.2, 0) is 0 Å². The highest BCUT2D eigenvalue weighted by Crippen LogP contribution is 2.45. The second-order valence-corrected chi connectivity index (χ2v) is 24.8. The van der Waals surface area contributed by atoms with E-state index in [1.165, 1.54) is 24.3 Å². The summed E-state index contributed by atoms with van der Waals surface area (Å²) in [6.07, 6.45) is 0. The first kappa shape index (κ1) is 62.0. The summed E-state index contributed by atoms with van der Waals surface area (Å²) < 4.78 is 4.48. The lowest BCUT2D eigenvalue weighted by molar-refractivity contribution is 1.07. The Kier molecular flexibility index (Phi) is 15.5. The molecule has 0 unspecified atom stereocenters. The standard InChI is InChI=1S/C90H48N14/c1-95-76-42-55(51-91)40-68(53-93)83(76)63-34-37-81-74(48-63)71-30-15-17-32-78(71)103(81)70-46-66(45-67(47-70)90-101-87(59-24-11-5-12-25-59)98-88(102-90)60-26-13-6-14-27-60)61-28-19-29-62(44-61)73-50-65(89-99-85(57-20-7-3-8-21-57)97-86(100-89)58-22-9-4-10-23-58)36-39-80(73)104-79-33-18-16-31-72(79)75-49-64(35-38-82(75)104)84-69(54-94)41-56(52-92)43-77(84)96-2/h3-50H. The molecule has 0 saturated heterocycles. The van der Waals surface area contributed by atoms with Crippen LogP contribution in [-0.4, -0.2) is 39.0 Å². The van der Waals surface area contributed by atoms with E-state index in [-0.39, 0.29) is 33.6 Å². The molecule has 17 aromatic rings. The Morgan fingerprint density at radius 2 is 0.644 bits per heavy atom. The minimum atomic E-state index is 0.210. The second kappa shape index (κ2) is 26.0. The summed E-state index contributed by atoms with van der Waals surface area (Å²) in [4.78, 5) is 38.9. The van der Waals surface area contributed by atoms with Crippen molar-refractivity contribution in [1.29, 1.82) is 21.0 Å². The molecule has 4 heterocycles. The van der Waals surface area contributed by atoms with Crippen LogP contribution in [0.15, 0.2) is 291 Å². The molecule has 0 atom stereocenters. The lowest BCUT2D eigenvalue weighted by Gasteiger charge is -2.18. The number of nitrogens with zero attached hydrogens (tertiary/aromatic N) is 14. The largest absolute Gasteiger partial charge is 0.309 e. The number of aromatic nitrogens is 8. The molecule has 0 saturated carbocycles. The van der Waals surface area contributed by atoms with Crippen LogP contribution in [0, 0.1) is 58.5 Å². The zero-order chi connectivity index (χ0) is 70.4. The Morgan fingerprint density at radius 3 is 1.11 bits per heavy atom. The van der Waals surface area contributed by atoms with E-state index in [4.69, 9.17) is 43.0 Å². The van der Waals surface area contributed by atoms with E-state index in [0.29, 0.717) is 62.8 Å². The molecule has 0 bridgehead atoms. The minimum Gasteiger partial charge on any atom is -0.309 e. The lowest BCUT2D eigenvalue weighted by Crippen LogP contribution is -2.02. The molecule has 104 heavy (non-hydrogen) atoms. The number of hydrogen-bond acceptors (Lipinski definition) is 10. The van der Waals surface area contributed by atoms with Gasteiger partial charge in [-0.2, -0.15) is 21.0 Å². The number of benzene rings is 13. The lowest BCUT2D eigenvalue weighted by atomic mass is 9.94. The van der Waals surface area contributed by atoms with Crippen molar-refractivity contribution in [3.8, 4) is 148 Å². The van der Waals surface area contributed by atoms with Gasteiger partial charge >= 0.3 is 0 Å². The third-order valence-corrected chi connectivity index (χ3v) is 18.7. The quantitative estimate of drug-likeness (QED) is 0.106. The summed E-state index contributed by atoms with van der Waals surface area (Å²) in [6, 6.07) is 104. The van der Waals surface area contributed by atoms with Crippen molar-refractivity contribution in [3.63, 3.8) is 0 Å². The van der Waals surface area contributed by atoms with Crippen molar-refractivity contribution in [2.24, 2.45) is 0 Å². The van der Waals surface area contributed by atoms with Crippen molar-refractivity contribution < 1.29 is 0 Å². The van der Waals surface area contributed by atoms with Crippen molar-refractivity contribution >= 4 is 55.0 Å². The van der Waals surface area contributed by atoms with Gasteiger partial charge in [0.25, 0.3) is 0 Å². The Hall–Kier alpha value is -15.6. The van der Waals surface area contributed by atoms with E-state index in [9.17, 15) is 21.0 Å². The average molecular weight is 1330 g/mol. The summed E-state index contributed by atoms with van der Waals surface area (Å²) in [6.45, 7) is 16.4. The molecule has 0 aliphatic carbocycles. The van der Waals surface area contributed by atoms with Gasteiger partial charge in [-0.1, -0.05) is 188 Å². The van der Waals surface area contributed by atoms with Gasteiger partial charge in [0.2, 0.25) is 0 Å². The fourth-order valence-electron chi connectivity index (χ4n) is 14.0. The van der Waals surface area contributed by atoms with Crippen LogP contribution < -0.4 is 0 Å². The predicted molar refractivity (Wildman–Crippen MR) is 408 cm³/mol. The van der Waals surface area contributed by atoms with Crippen LogP contribution in [0.1, 0.15) is 22.3 Å². The van der Waals surface area contributed by atoms with Crippen LogP contribution >= 0.6 is 0 Å². The minimum absolute atomic E-state index is 0.210. The normalized spacial score (nSPS) is 11.0. The smallest absolute Gasteiger partial charge is 0.197 e. The van der Waals surface area contributed by atoms with E-state index >= 15 is 0 Å². The first-order valence-corrected chi connectivity index (χ1v) is 33.2. The number of fused-ring (bicyclic) bond motifs is 6. The molecular formula is C90H48N14. The monoisotopic (exact) mass is 1320 g/mol. The summed E-state index contributed by atoms with van der Waals surface area (Å²) >= 11 is 0. The van der Waals surface area contributed by atoms with E-state index in [1.54, 1.807) is 0 Å². The van der Waals surface area contributed by atoms with Crippen LogP contribution in [0.5, 0.6) is 0 Å². The number of para-hydroxylation sites is 2. The van der Waals surface area contributed by atoms with Gasteiger partial charge in [0, 0.05) is 88.4 Å². The molecular weight excluding hydrogens is 1280 g/mol. The fourth-order valence-corrected chi connectivity index (χ4v) is 14.0. The van der Waals surface area contributed by atoms with Gasteiger partial charge in [-0.15, -0.1) is 0 Å². The van der Waals surface area contributed by atoms with Gasteiger partial charge in [-0.3, -0.25) is 0 Å². The summed E-state index contributed by atoms with van der Waals surface area (Å²) in [5, 5.41) is 44.4. The number of rotatable bonds is 12. The highest BCUT2D eigenvalue weighted by molar-refractivity contribution is 6.13. The highest BCUT2D eigenvalue weighted by Gasteiger charge is 2.25. The molecule has 0 aliphatic heterocycles. The first-order chi connectivity index (χ1) is 51.2. The molecule has 14 nitrogen and oxygen atoms in total. The summed E-state index contributed by atoms with van der Waals surface area (Å²) in [5.74, 6) is 2.93. The molecule has 4 aromatic heterocycles. The van der Waals surface area contributed by atoms with Crippen LogP contribution in [0.2, 0.25) is 0 Å². The molecule has 0 aliphatic rings. The molecule has 13 aromatic carbocycles. The molecule has 0 amide bonds. The molecule has 17 rings (SSSR count). The predicted octanol–water partition coefficient (Wildman–Crippen LogP) is 21.5. The first-order valence-electron chi connectivity index (χ1n) is 33.2. The highest BCUT2D eigenvalue weighted by atomic mass is 15.1. The fraction of sp³-hybridized carbons (Fsp3) is 0. The van der Waals surface area contributed by atoms with Gasteiger partial charge < -0.3 is 9.13 Å². The molecule has 0 spiro atoms. The molecule has 0 N–H and O–H groups in total. The second-order valence-electron chi connectivity index (χ2n) is 24.8. The Balaban J connectivity index is 0.912. The van der Waals surface area contributed by atoms with E-state index in [2.05, 4.69) is 128 Å². The van der Waals surface area contributed by atoms with Crippen LogP contribution in [0.4, 0.5) is 11.4 Å². The topological polar surface area (TPSA) is 191 Å². The SMILES string of the molecule is [C-]#[N+]c1cc(C#N)cc(C#N)c1-c1ccc2c(c1)c1ccccc1n2-c1cc(-c2cccc(-c3cc(-c4nc(-c5ccccc5)nc(-c5ccccc5)n4)ccc3-n3c4ccccc4c4cc(-c5c(C#N)cc(C#N)cc5[N+]#[C-])ccc43)c2)cc(-c2nc(-c3ccccc3)nc(-c3ccccc3)n2)c1. The Labute approximate surface area is 596 Å². The van der Waals surface area contributed by atoms with Gasteiger partial charge in [-0.05, 0) is 131 Å². The zero-order valence-electron chi connectivity index (χ0n) is 55.0. The maximum atomic E-state index is 10.5. The molecule has 478 valence electrons. The Morgan fingerprint density at radius 1 is 0.269 bits per heavy atom. The number of nitriles is 4. The molecule has 0 fully saturated rings. The number of hydrogen-bond donors (Lipinski definition) is 0. The van der Waals surface area contributed by atoms with Gasteiger partial charge in [-0.25, -0.2) is 39.6 Å². The molecule has 14 heteroatoms. The average Bonchev–Trinajstić information content (AvgIpc) is 1.56. The van der Waals surface area contributed by atoms with E-state index < -0.39 is 0 Å². The van der Waals surface area contributed by atoms with Crippen molar-refractivity contribution in [2.75, 3.05) is 0 Å². The van der Waals surface area contributed by atoms with Gasteiger partial charge in [0.05, 0.1) is 76.3 Å². The van der Waals surface area contributed by atoms with E-state index in [0.717, 1.165) is 105 Å². The van der Waals surface area contributed by atoms with Crippen molar-refractivity contribution in [3.05, 3.63) is 336 Å². The third kappa shape index (κ3) is 11.0. The van der Waals surface area contributed by atoms with Gasteiger partial charge in [0.15, 0.2) is 46.3 Å². The van der Waals surface area contributed by atoms with Crippen molar-refractivity contribution in [2.45, 2.75) is 0 Å². The van der Waals surface area contributed by atoms with E-state index in [1.807, 2.05) is 182 Å². The maximum Gasteiger partial charge on any atom is 0.197 e. The maximum absolute atomic E-state index is 10.5.